The molecule has 0 saturated carbocycles. The van der Waals surface area contributed by atoms with E-state index >= 15 is 0 Å². The number of amides is 2. The predicted molar refractivity (Wildman–Crippen MR) is 70.2 cm³/mol. The summed E-state index contributed by atoms with van der Waals surface area (Å²) in [7, 11) is 0. The number of β-amino-alcohol motifs (C(OH)–C–C–N with tert-alkyl or cyclic N) is 1. The average Bonchev–Trinajstić information content (AvgIpc) is 2.67. The monoisotopic (exact) mass is 286 g/mol. The third-order valence-electron chi connectivity index (χ3n) is 4.14. The standard InChI is InChI=1S/C13H22N2O5/c16-8-9-4-2-1-3-5-14(9)13(20)15-7-10(17)6-11(15)12(18)19/h9-11,16-17H,1-8H2,(H,18,19)/t9?,10?,11-/m0/s1. The molecule has 0 spiro atoms. The number of likely N-dealkylation sites (tertiary alicyclic amines) is 2. The summed E-state index contributed by atoms with van der Waals surface area (Å²) >= 11 is 0. The van der Waals surface area contributed by atoms with Crippen LogP contribution in [-0.4, -0.2) is 75.0 Å². The Balaban J connectivity index is 2.13. The van der Waals surface area contributed by atoms with Crippen LogP contribution in [-0.2, 0) is 4.79 Å². The van der Waals surface area contributed by atoms with Gasteiger partial charge < -0.3 is 25.1 Å². The molecule has 7 nitrogen and oxygen atoms in total. The number of hydrogen-bond donors (Lipinski definition) is 3. The predicted octanol–water partition coefficient (Wildman–Crippen LogP) is -0.137. The molecule has 7 heteroatoms. The number of hydrogen-bond acceptors (Lipinski definition) is 4. The van der Waals surface area contributed by atoms with Crippen LogP contribution in [0.25, 0.3) is 0 Å². The van der Waals surface area contributed by atoms with Crippen molar-refractivity contribution in [3.63, 3.8) is 0 Å². The normalized spacial score (nSPS) is 31.2. The molecule has 0 aromatic heterocycles. The second-order valence-electron chi connectivity index (χ2n) is 5.56. The fourth-order valence-corrected chi connectivity index (χ4v) is 3.04. The third-order valence-corrected chi connectivity index (χ3v) is 4.14. The van der Waals surface area contributed by atoms with E-state index in [4.69, 9.17) is 5.11 Å². The molecule has 0 aromatic carbocycles. The summed E-state index contributed by atoms with van der Waals surface area (Å²) in [4.78, 5) is 26.5. The van der Waals surface area contributed by atoms with Crippen LogP contribution in [0.15, 0.2) is 0 Å². The zero-order valence-electron chi connectivity index (χ0n) is 11.4. The highest BCUT2D eigenvalue weighted by Crippen LogP contribution is 2.24. The maximum atomic E-state index is 12.5. The average molecular weight is 286 g/mol. The Morgan fingerprint density at radius 3 is 2.55 bits per heavy atom. The van der Waals surface area contributed by atoms with Crippen molar-refractivity contribution in [2.45, 2.75) is 50.3 Å². The maximum Gasteiger partial charge on any atom is 0.326 e. The molecular weight excluding hydrogens is 264 g/mol. The molecule has 0 radical (unpaired) electrons. The molecule has 3 N–H and O–H groups in total. The van der Waals surface area contributed by atoms with E-state index in [0.29, 0.717) is 6.54 Å². The first-order valence-corrected chi connectivity index (χ1v) is 7.13. The van der Waals surface area contributed by atoms with Gasteiger partial charge >= 0.3 is 12.0 Å². The van der Waals surface area contributed by atoms with Crippen LogP contribution in [0, 0.1) is 0 Å². The van der Waals surface area contributed by atoms with Crippen molar-refractivity contribution in [1.82, 2.24) is 9.80 Å². The van der Waals surface area contributed by atoms with Gasteiger partial charge in [0.05, 0.1) is 18.8 Å². The minimum Gasteiger partial charge on any atom is -0.480 e. The number of rotatable bonds is 2. The van der Waals surface area contributed by atoms with Crippen molar-refractivity contribution < 1.29 is 24.9 Å². The molecule has 0 bridgehead atoms. The number of carboxylic acids is 1. The smallest absolute Gasteiger partial charge is 0.326 e. The Morgan fingerprint density at radius 2 is 1.90 bits per heavy atom. The number of carboxylic acid groups (broad SMARTS) is 1. The molecule has 3 atom stereocenters. The van der Waals surface area contributed by atoms with Crippen molar-refractivity contribution in [3.8, 4) is 0 Å². The topological polar surface area (TPSA) is 101 Å². The van der Waals surface area contributed by atoms with Crippen molar-refractivity contribution >= 4 is 12.0 Å². The summed E-state index contributed by atoms with van der Waals surface area (Å²) in [5.41, 5.74) is 0. The Bertz CT molecular complexity index is 376. The summed E-state index contributed by atoms with van der Waals surface area (Å²) in [5.74, 6) is -1.09. The van der Waals surface area contributed by atoms with Gasteiger partial charge in [-0.25, -0.2) is 9.59 Å². The summed E-state index contributed by atoms with van der Waals surface area (Å²) in [6.45, 7) is 0.466. The minimum absolute atomic E-state index is 0.0461. The molecule has 2 saturated heterocycles. The molecule has 2 unspecified atom stereocenters. The minimum atomic E-state index is -1.09. The van der Waals surface area contributed by atoms with E-state index < -0.39 is 18.1 Å². The van der Waals surface area contributed by atoms with E-state index in [1.807, 2.05) is 0 Å². The van der Waals surface area contributed by atoms with Crippen LogP contribution in [0.3, 0.4) is 0 Å². The van der Waals surface area contributed by atoms with Gasteiger partial charge in [-0.05, 0) is 12.8 Å². The molecular formula is C13H22N2O5. The van der Waals surface area contributed by atoms with Crippen molar-refractivity contribution in [3.05, 3.63) is 0 Å². The molecule has 2 heterocycles. The fourth-order valence-electron chi connectivity index (χ4n) is 3.04. The van der Waals surface area contributed by atoms with E-state index in [-0.39, 0.29) is 31.6 Å². The van der Waals surface area contributed by atoms with Gasteiger partial charge in [0.1, 0.15) is 6.04 Å². The van der Waals surface area contributed by atoms with E-state index in [1.165, 1.54) is 4.90 Å². The second-order valence-corrected chi connectivity index (χ2v) is 5.56. The van der Waals surface area contributed by atoms with Crippen LogP contribution in [0.1, 0.15) is 32.1 Å². The summed E-state index contributed by atoms with van der Waals surface area (Å²) < 4.78 is 0. The largest absolute Gasteiger partial charge is 0.480 e. The van der Waals surface area contributed by atoms with Crippen LogP contribution in [0.2, 0.25) is 0 Å². The van der Waals surface area contributed by atoms with Crippen LogP contribution >= 0.6 is 0 Å². The number of carbonyl (C=O) groups excluding carboxylic acids is 1. The lowest BCUT2D eigenvalue weighted by Gasteiger charge is -2.34. The summed E-state index contributed by atoms with van der Waals surface area (Å²) in [6.07, 6.45) is 2.83. The number of aliphatic carboxylic acids is 1. The summed E-state index contributed by atoms with van der Waals surface area (Å²) in [5, 5.41) is 28.2. The van der Waals surface area contributed by atoms with Gasteiger partial charge in [0.15, 0.2) is 0 Å². The van der Waals surface area contributed by atoms with Gasteiger partial charge in [0.25, 0.3) is 0 Å². The molecule has 0 aliphatic carbocycles. The van der Waals surface area contributed by atoms with Gasteiger partial charge in [-0.2, -0.15) is 0 Å². The highest BCUT2D eigenvalue weighted by molar-refractivity contribution is 5.83. The number of urea groups is 1. The lowest BCUT2D eigenvalue weighted by molar-refractivity contribution is -0.141. The molecule has 2 rings (SSSR count). The van der Waals surface area contributed by atoms with E-state index in [9.17, 15) is 19.8 Å². The number of nitrogens with zero attached hydrogens (tertiary/aromatic N) is 2. The second kappa shape index (κ2) is 6.41. The Kier molecular flexibility index (Phi) is 4.82. The molecule has 114 valence electrons. The Morgan fingerprint density at radius 1 is 1.15 bits per heavy atom. The van der Waals surface area contributed by atoms with E-state index in [0.717, 1.165) is 25.7 Å². The zero-order chi connectivity index (χ0) is 14.7. The third kappa shape index (κ3) is 3.04. The lowest BCUT2D eigenvalue weighted by atomic mass is 10.1. The first-order valence-electron chi connectivity index (χ1n) is 7.13. The van der Waals surface area contributed by atoms with Crippen molar-refractivity contribution in [1.29, 1.82) is 0 Å². The molecule has 2 aliphatic heterocycles. The number of carbonyl (C=O) groups is 2. The maximum absolute atomic E-state index is 12.5. The van der Waals surface area contributed by atoms with E-state index in [1.54, 1.807) is 4.90 Å². The van der Waals surface area contributed by atoms with Crippen molar-refractivity contribution in [2.24, 2.45) is 0 Å². The fraction of sp³-hybridized carbons (Fsp3) is 0.846. The highest BCUT2D eigenvalue weighted by Gasteiger charge is 2.41. The molecule has 2 aliphatic rings. The summed E-state index contributed by atoms with van der Waals surface area (Å²) in [6, 6.07) is -1.60. The van der Waals surface area contributed by atoms with Crippen LogP contribution in [0.5, 0.6) is 0 Å². The number of aliphatic hydroxyl groups is 2. The van der Waals surface area contributed by atoms with Gasteiger partial charge in [-0.1, -0.05) is 12.8 Å². The Labute approximate surface area is 117 Å². The Hall–Kier alpha value is -1.34. The SMILES string of the molecule is O=C(O)[C@@H]1CC(O)CN1C(=O)N1CCCCCC1CO. The van der Waals surface area contributed by atoms with Gasteiger partial charge in [-0.15, -0.1) is 0 Å². The lowest BCUT2D eigenvalue weighted by Crippen LogP contribution is -2.52. The van der Waals surface area contributed by atoms with Crippen molar-refractivity contribution in [2.75, 3.05) is 19.7 Å². The van der Waals surface area contributed by atoms with Gasteiger partial charge in [0.2, 0.25) is 0 Å². The van der Waals surface area contributed by atoms with Gasteiger partial charge in [0, 0.05) is 19.5 Å². The molecule has 2 fully saturated rings. The number of aliphatic hydroxyl groups excluding tert-OH is 2. The van der Waals surface area contributed by atoms with E-state index in [2.05, 4.69) is 0 Å². The first-order chi connectivity index (χ1) is 9.54. The quantitative estimate of drug-likeness (QED) is 0.656. The molecule has 2 amide bonds. The van der Waals surface area contributed by atoms with Crippen LogP contribution in [0.4, 0.5) is 4.79 Å². The van der Waals surface area contributed by atoms with Gasteiger partial charge in [-0.3, -0.25) is 0 Å². The van der Waals surface area contributed by atoms with Crippen LogP contribution < -0.4 is 0 Å². The first kappa shape index (κ1) is 15.1. The zero-order valence-corrected chi connectivity index (χ0v) is 11.4. The molecule has 20 heavy (non-hydrogen) atoms. The molecule has 0 aromatic rings. The highest BCUT2D eigenvalue weighted by atomic mass is 16.4.